The SMILES string of the molecule is c1cc(-c2nc3c4ccccc4c4ccccc4c3nc2-c2ccc3c(c2)C2(c4ccccc4-c4ccccc42)c2ccccc2-3)cc(-c2cccc3c2sc2ccccc23)c1. The minimum Gasteiger partial charge on any atom is -0.243 e. The van der Waals surface area contributed by atoms with Crippen molar-refractivity contribution in [1.82, 2.24) is 9.97 Å². The van der Waals surface area contributed by atoms with E-state index in [-0.39, 0.29) is 0 Å². The molecule has 0 radical (unpaired) electrons. The average molecular weight is 803 g/mol. The largest absolute Gasteiger partial charge is 0.243 e. The van der Waals surface area contributed by atoms with Crippen molar-refractivity contribution in [1.29, 1.82) is 0 Å². The Kier molecular flexibility index (Phi) is 6.95. The molecule has 12 aromatic rings. The summed E-state index contributed by atoms with van der Waals surface area (Å²) < 4.78 is 2.60. The first kappa shape index (κ1) is 34.0. The number of thiophene rings is 1. The van der Waals surface area contributed by atoms with Crippen LogP contribution in [0.4, 0.5) is 0 Å². The Morgan fingerprint density at radius 1 is 0.306 bits per heavy atom. The first-order valence-corrected chi connectivity index (χ1v) is 22.1. The van der Waals surface area contributed by atoms with E-state index in [1.165, 1.54) is 86.6 Å². The summed E-state index contributed by atoms with van der Waals surface area (Å²) in [5.41, 5.74) is 18.0. The van der Waals surface area contributed by atoms with Gasteiger partial charge in [0.25, 0.3) is 0 Å². The van der Waals surface area contributed by atoms with Crippen molar-refractivity contribution in [3.8, 4) is 55.9 Å². The minimum atomic E-state index is -0.467. The van der Waals surface area contributed by atoms with Crippen molar-refractivity contribution in [2.24, 2.45) is 0 Å². The molecule has 2 aliphatic rings. The number of fused-ring (bicyclic) bond motifs is 19. The molecule has 0 saturated heterocycles. The minimum absolute atomic E-state index is 0.467. The van der Waals surface area contributed by atoms with Gasteiger partial charge in [0.2, 0.25) is 0 Å². The van der Waals surface area contributed by atoms with Crippen LogP contribution in [0.1, 0.15) is 22.3 Å². The molecule has 0 unspecified atom stereocenters. The Morgan fingerprint density at radius 2 is 0.758 bits per heavy atom. The van der Waals surface area contributed by atoms with Crippen LogP contribution < -0.4 is 0 Å². The van der Waals surface area contributed by atoms with Crippen molar-refractivity contribution >= 4 is 64.1 Å². The lowest BCUT2D eigenvalue weighted by atomic mass is 9.70. The Balaban J connectivity index is 1.07. The summed E-state index contributed by atoms with van der Waals surface area (Å²) in [5.74, 6) is 0. The molecule has 62 heavy (non-hydrogen) atoms. The van der Waals surface area contributed by atoms with E-state index in [4.69, 9.17) is 9.97 Å². The van der Waals surface area contributed by atoms with Gasteiger partial charge in [0, 0.05) is 42.1 Å². The molecule has 0 fully saturated rings. The van der Waals surface area contributed by atoms with E-state index in [9.17, 15) is 0 Å². The molecule has 2 heterocycles. The highest BCUT2D eigenvalue weighted by atomic mass is 32.1. The molecule has 2 nitrogen and oxygen atoms in total. The fourth-order valence-electron chi connectivity index (χ4n) is 11.1. The maximum absolute atomic E-state index is 5.80. The summed E-state index contributed by atoms with van der Waals surface area (Å²) >= 11 is 1.87. The lowest BCUT2D eigenvalue weighted by molar-refractivity contribution is 0.794. The summed E-state index contributed by atoms with van der Waals surface area (Å²) in [5, 5.41) is 7.18. The zero-order chi connectivity index (χ0) is 40.5. The summed E-state index contributed by atoms with van der Waals surface area (Å²) in [6.07, 6.45) is 0. The normalized spacial score (nSPS) is 13.3. The first-order chi connectivity index (χ1) is 30.8. The maximum atomic E-state index is 5.80. The van der Waals surface area contributed by atoms with Gasteiger partial charge in [-0.05, 0) is 84.6 Å². The lowest BCUT2D eigenvalue weighted by Crippen LogP contribution is -2.25. The van der Waals surface area contributed by atoms with Crippen LogP contribution in [0.3, 0.4) is 0 Å². The molecule has 2 aromatic heterocycles. The number of nitrogens with zero attached hydrogens (tertiary/aromatic N) is 2. The van der Waals surface area contributed by atoms with E-state index in [1.54, 1.807) is 0 Å². The molecule has 1 spiro atoms. The van der Waals surface area contributed by atoms with Gasteiger partial charge in [0.05, 0.1) is 27.8 Å². The molecule has 0 N–H and O–H groups in total. The fraction of sp³-hybridized carbons (Fsp3) is 0.0169. The van der Waals surface area contributed by atoms with Crippen LogP contribution in [-0.2, 0) is 5.41 Å². The first-order valence-electron chi connectivity index (χ1n) is 21.3. The number of hydrogen-bond acceptors (Lipinski definition) is 3. The van der Waals surface area contributed by atoms with Gasteiger partial charge in [0.1, 0.15) is 0 Å². The molecule has 0 aliphatic heterocycles. The van der Waals surface area contributed by atoms with Crippen LogP contribution in [0.2, 0.25) is 0 Å². The van der Waals surface area contributed by atoms with Gasteiger partial charge in [-0.2, -0.15) is 0 Å². The van der Waals surface area contributed by atoms with Crippen LogP contribution >= 0.6 is 11.3 Å². The van der Waals surface area contributed by atoms with Gasteiger partial charge in [0.15, 0.2) is 0 Å². The Labute approximate surface area is 362 Å². The molecule has 0 bridgehead atoms. The second-order valence-corrected chi connectivity index (χ2v) is 17.8. The standard InChI is InChI=1S/C59H34N2S/c1-3-23-46-39(17-1)40-18-2-4-24-47(40)57-56(46)60-54(36-16-13-15-35(33-36)38-25-14-26-48-45-22-8-12-30-53(45)62-58(38)48)55(61-57)37-31-32-44-43-21-7-11-29-51(43)59(52(44)34-37)49-27-9-5-19-41(49)42-20-6-10-28-50(42)59/h1-34H. The maximum Gasteiger partial charge on any atom is 0.0979 e. The van der Waals surface area contributed by atoms with Gasteiger partial charge in [-0.1, -0.05) is 188 Å². The van der Waals surface area contributed by atoms with Gasteiger partial charge in [-0.3, -0.25) is 0 Å². The monoisotopic (exact) mass is 802 g/mol. The van der Waals surface area contributed by atoms with Gasteiger partial charge in [-0.25, -0.2) is 9.97 Å². The predicted molar refractivity (Wildman–Crippen MR) is 260 cm³/mol. The summed E-state index contributed by atoms with van der Waals surface area (Å²) in [6.45, 7) is 0. The number of benzene rings is 10. The number of rotatable bonds is 3. The van der Waals surface area contributed by atoms with Crippen LogP contribution in [-0.4, -0.2) is 9.97 Å². The number of aromatic nitrogens is 2. The zero-order valence-corrected chi connectivity index (χ0v) is 34.2. The molecule has 3 heteroatoms. The van der Waals surface area contributed by atoms with Crippen LogP contribution in [0.25, 0.3) is 109 Å². The molecule has 10 aromatic carbocycles. The zero-order valence-electron chi connectivity index (χ0n) is 33.4. The van der Waals surface area contributed by atoms with E-state index >= 15 is 0 Å². The highest BCUT2D eigenvalue weighted by Crippen LogP contribution is 2.63. The molecule has 2 aliphatic carbocycles. The van der Waals surface area contributed by atoms with Crippen molar-refractivity contribution in [2.45, 2.75) is 5.41 Å². The van der Waals surface area contributed by atoms with Crippen molar-refractivity contribution in [3.05, 3.63) is 229 Å². The molecule has 0 amide bonds. The molecule has 14 rings (SSSR count). The van der Waals surface area contributed by atoms with E-state index < -0.39 is 5.41 Å². The summed E-state index contributed by atoms with van der Waals surface area (Å²) in [7, 11) is 0. The molecule has 286 valence electrons. The van der Waals surface area contributed by atoms with Crippen molar-refractivity contribution in [3.63, 3.8) is 0 Å². The van der Waals surface area contributed by atoms with Crippen molar-refractivity contribution < 1.29 is 0 Å². The van der Waals surface area contributed by atoms with E-state index in [2.05, 4.69) is 206 Å². The third-order valence-corrected chi connectivity index (χ3v) is 14.9. The Morgan fingerprint density at radius 3 is 1.39 bits per heavy atom. The Hall–Kier alpha value is -7.72. The molecular weight excluding hydrogens is 769 g/mol. The molecule has 0 saturated carbocycles. The van der Waals surface area contributed by atoms with Crippen LogP contribution in [0.15, 0.2) is 206 Å². The highest BCUT2D eigenvalue weighted by Gasteiger charge is 2.51. The van der Waals surface area contributed by atoms with E-state index in [1.807, 2.05) is 11.3 Å². The van der Waals surface area contributed by atoms with Crippen molar-refractivity contribution in [2.75, 3.05) is 0 Å². The quantitative estimate of drug-likeness (QED) is 0.166. The highest BCUT2D eigenvalue weighted by molar-refractivity contribution is 7.26. The van der Waals surface area contributed by atoms with Crippen LogP contribution in [0, 0.1) is 0 Å². The topological polar surface area (TPSA) is 25.8 Å². The van der Waals surface area contributed by atoms with E-state index in [0.717, 1.165) is 44.3 Å². The summed E-state index contributed by atoms with van der Waals surface area (Å²) in [4.78, 5) is 11.6. The smallest absolute Gasteiger partial charge is 0.0979 e. The Bertz CT molecular complexity index is 3830. The molecule has 0 atom stereocenters. The van der Waals surface area contributed by atoms with Crippen LogP contribution in [0.5, 0.6) is 0 Å². The predicted octanol–water partition coefficient (Wildman–Crippen LogP) is 15.6. The third kappa shape index (κ3) is 4.47. The van der Waals surface area contributed by atoms with Gasteiger partial charge < -0.3 is 0 Å². The summed E-state index contributed by atoms with van der Waals surface area (Å²) in [6, 6.07) is 75.9. The van der Waals surface area contributed by atoms with Gasteiger partial charge >= 0.3 is 0 Å². The third-order valence-electron chi connectivity index (χ3n) is 13.7. The van der Waals surface area contributed by atoms with E-state index in [0.29, 0.717) is 0 Å². The van der Waals surface area contributed by atoms with Gasteiger partial charge in [-0.15, -0.1) is 11.3 Å². The fourth-order valence-corrected chi connectivity index (χ4v) is 12.4. The number of hydrogen-bond donors (Lipinski definition) is 0. The molecular formula is C59H34N2S. The lowest BCUT2D eigenvalue weighted by Gasteiger charge is -2.30. The second kappa shape index (κ2) is 12.7. The average Bonchev–Trinajstić information content (AvgIpc) is 3.98. The second-order valence-electron chi connectivity index (χ2n) is 16.7.